The van der Waals surface area contributed by atoms with Crippen LogP contribution in [0.4, 0.5) is 8.78 Å². The number of halogens is 3. The zero-order chi connectivity index (χ0) is 22.7. The molecule has 0 bridgehead atoms. The van der Waals surface area contributed by atoms with Crippen LogP contribution < -0.4 is 10.7 Å². The van der Waals surface area contributed by atoms with Gasteiger partial charge in [-0.15, -0.1) is 0 Å². The topological polar surface area (TPSA) is 79.6 Å². The van der Waals surface area contributed by atoms with Crippen LogP contribution in [0.25, 0.3) is 11.0 Å². The number of benzene rings is 2. The van der Waals surface area contributed by atoms with Gasteiger partial charge < -0.3 is 14.6 Å². The first-order chi connectivity index (χ1) is 14.7. The zero-order valence-corrected chi connectivity index (χ0v) is 17.6. The molecule has 6 nitrogen and oxygen atoms in total. The molecule has 1 aromatic heterocycles. The number of hydrogen-bond donors (Lipinski definition) is 1. The van der Waals surface area contributed by atoms with Gasteiger partial charge in [0.1, 0.15) is 11.1 Å². The lowest BCUT2D eigenvalue weighted by Gasteiger charge is -2.12. The highest BCUT2D eigenvalue weighted by atomic mass is 35.5. The molecule has 1 N–H and O–H groups in total. The van der Waals surface area contributed by atoms with Crippen LogP contribution in [0.1, 0.15) is 32.9 Å². The fourth-order valence-electron chi connectivity index (χ4n) is 2.99. The van der Waals surface area contributed by atoms with Crippen LogP contribution in [0.3, 0.4) is 0 Å². The molecule has 3 aromatic rings. The summed E-state index contributed by atoms with van der Waals surface area (Å²) in [7, 11) is 3.77. The highest BCUT2D eigenvalue weighted by Crippen LogP contribution is 2.22. The summed E-state index contributed by atoms with van der Waals surface area (Å²) in [6, 6.07) is 6.65. The normalized spacial score (nSPS) is 11.2. The number of amides is 1. The Kier molecular flexibility index (Phi) is 6.82. The summed E-state index contributed by atoms with van der Waals surface area (Å²) in [5, 5.41) is 2.83. The van der Waals surface area contributed by atoms with Crippen molar-refractivity contribution < 1.29 is 22.8 Å². The van der Waals surface area contributed by atoms with Gasteiger partial charge in [0.05, 0.1) is 5.39 Å². The molecule has 1 heterocycles. The zero-order valence-electron chi connectivity index (χ0n) is 16.8. The number of fused-ring (bicyclic) bond motifs is 1. The maximum atomic E-state index is 13.7. The van der Waals surface area contributed by atoms with E-state index in [1.165, 1.54) is 18.2 Å². The summed E-state index contributed by atoms with van der Waals surface area (Å²) in [6.45, 7) is 0.985. The van der Waals surface area contributed by atoms with Gasteiger partial charge >= 0.3 is 0 Å². The highest BCUT2D eigenvalue weighted by Gasteiger charge is 2.27. The van der Waals surface area contributed by atoms with E-state index in [1.807, 2.05) is 19.0 Å². The van der Waals surface area contributed by atoms with Crippen LogP contribution >= 0.6 is 11.6 Å². The second kappa shape index (κ2) is 9.36. The Balaban J connectivity index is 2.10. The minimum atomic E-state index is -1.26. The average molecular weight is 449 g/mol. The molecule has 0 aliphatic carbocycles. The van der Waals surface area contributed by atoms with Gasteiger partial charge in [-0.05, 0) is 63.5 Å². The summed E-state index contributed by atoms with van der Waals surface area (Å²) in [5.41, 5.74) is -1.60. The molecule has 0 aliphatic heterocycles. The molecule has 162 valence electrons. The molecule has 0 radical (unpaired) electrons. The van der Waals surface area contributed by atoms with Crippen molar-refractivity contribution in [2.24, 2.45) is 0 Å². The number of nitrogens with zero attached hydrogens (tertiary/aromatic N) is 1. The molecule has 2 aromatic carbocycles. The molecule has 0 spiro atoms. The third-order valence-corrected chi connectivity index (χ3v) is 4.77. The number of nitrogens with one attached hydrogen (secondary N) is 1. The minimum absolute atomic E-state index is 0.0115. The van der Waals surface area contributed by atoms with E-state index in [0.29, 0.717) is 19.0 Å². The third kappa shape index (κ3) is 4.98. The largest absolute Gasteiger partial charge is 0.450 e. The molecule has 9 heteroatoms. The Labute approximate surface area is 181 Å². The first-order valence-electron chi connectivity index (χ1n) is 9.38. The number of carbonyl (C=O) groups excluding carboxylic acids is 2. The van der Waals surface area contributed by atoms with Crippen LogP contribution in [0.15, 0.2) is 45.6 Å². The lowest BCUT2D eigenvalue weighted by atomic mass is 9.99. The van der Waals surface area contributed by atoms with Crippen LogP contribution in [-0.2, 0) is 0 Å². The fourth-order valence-corrected chi connectivity index (χ4v) is 3.16. The van der Waals surface area contributed by atoms with E-state index < -0.39 is 40.1 Å². The van der Waals surface area contributed by atoms with E-state index >= 15 is 0 Å². The second-order valence-corrected chi connectivity index (χ2v) is 7.58. The molecule has 0 atom stereocenters. The first kappa shape index (κ1) is 22.6. The third-order valence-electron chi connectivity index (χ3n) is 4.54. The number of rotatable bonds is 7. The minimum Gasteiger partial charge on any atom is -0.450 e. The van der Waals surface area contributed by atoms with Gasteiger partial charge in [-0.3, -0.25) is 14.4 Å². The molecule has 1 amide bonds. The SMILES string of the molecule is CN(C)CCCNC(=O)c1oc2ccc(Cl)cc2c(=O)c1C(=O)c1ccc(F)c(F)c1. The predicted octanol–water partition coefficient (Wildman–Crippen LogP) is 3.64. The Morgan fingerprint density at radius 3 is 2.52 bits per heavy atom. The van der Waals surface area contributed by atoms with Crippen molar-refractivity contribution in [3.05, 3.63) is 80.2 Å². The summed E-state index contributed by atoms with van der Waals surface area (Å²) < 4.78 is 32.5. The summed E-state index contributed by atoms with van der Waals surface area (Å²) >= 11 is 5.95. The highest BCUT2D eigenvalue weighted by molar-refractivity contribution is 6.31. The van der Waals surface area contributed by atoms with Gasteiger partial charge in [-0.2, -0.15) is 0 Å². The van der Waals surface area contributed by atoms with E-state index in [0.717, 1.165) is 12.1 Å². The Bertz CT molecular complexity index is 1220. The van der Waals surface area contributed by atoms with Crippen LogP contribution in [0, 0.1) is 11.6 Å². The lowest BCUT2D eigenvalue weighted by molar-refractivity contribution is 0.0912. The van der Waals surface area contributed by atoms with E-state index in [2.05, 4.69) is 5.32 Å². The predicted molar refractivity (Wildman–Crippen MR) is 113 cm³/mol. The van der Waals surface area contributed by atoms with Crippen LogP contribution in [0.5, 0.6) is 0 Å². The molecule has 0 saturated carbocycles. The maximum Gasteiger partial charge on any atom is 0.287 e. The summed E-state index contributed by atoms with van der Waals surface area (Å²) in [5.74, 6) is -4.63. The standard InChI is InChI=1S/C22H19ClF2N2O4/c1-27(2)9-3-8-26-22(30)21-18(19(28)12-4-6-15(24)16(25)10-12)20(29)14-11-13(23)5-7-17(14)31-21/h4-7,10-11H,3,8-9H2,1-2H3,(H,26,30). The van der Waals surface area contributed by atoms with Crippen molar-refractivity contribution in [3.63, 3.8) is 0 Å². The Morgan fingerprint density at radius 1 is 1.10 bits per heavy atom. The summed E-state index contributed by atoms with van der Waals surface area (Å²) in [6.07, 6.45) is 0.624. The average Bonchev–Trinajstić information content (AvgIpc) is 2.72. The number of carbonyl (C=O) groups is 2. The molecule has 0 aliphatic rings. The van der Waals surface area contributed by atoms with Crippen molar-refractivity contribution in [3.8, 4) is 0 Å². The smallest absolute Gasteiger partial charge is 0.287 e. The van der Waals surface area contributed by atoms with Gasteiger partial charge in [-0.1, -0.05) is 11.6 Å². The van der Waals surface area contributed by atoms with Crippen molar-refractivity contribution in [2.75, 3.05) is 27.2 Å². The van der Waals surface area contributed by atoms with E-state index in [4.69, 9.17) is 16.0 Å². The van der Waals surface area contributed by atoms with Gasteiger partial charge in [0.25, 0.3) is 5.91 Å². The van der Waals surface area contributed by atoms with Crippen molar-refractivity contribution in [2.45, 2.75) is 6.42 Å². The fraction of sp³-hybridized carbons (Fsp3) is 0.227. The monoisotopic (exact) mass is 448 g/mol. The quantitative estimate of drug-likeness (QED) is 0.441. The van der Waals surface area contributed by atoms with E-state index in [-0.39, 0.29) is 28.1 Å². The van der Waals surface area contributed by atoms with Crippen molar-refractivity contribution in [1.29, 1.82) is 0 Å². The van der Waals surface area contributed by atoms with Gasteiger partial charge in [0.2, 0.25) is 17.0 Å². The van der Waals surface area contributed by atoms with E-state index in [9.17, 15) is 23.2 Å². The first-order valence-corrected chi connectivity index (χ1v) is 9.76. The molecule has 0 saturated heterocycles. The molecule has 0 unspecified atom stereocenters. The molecular formula is C22H19ClF2N2O4. The van der Waals surface area contributed by atoms with Crippen LogP contribution in [0.2, 0.25) is 5.02 Å². The second-order valence-electron chi connectivity index (χ2n) is 7.15. The molecule has 3 rings (SSSR count). The molecular weight excluding hydrogens is 430 g/mol. The van der Waals surface area contributed by atoms with Crippen molar-refractivity contribution in [1.82, 2.24) is 10.2 Å². The van der Waals surface area contributed by atoms with Gasteiger partial charge in [-0.25, -0.2) is 8.78 Å². The molecule has 31 heavy (non-hydrogen) atoms. The van der Waals surface area contributed by atoms with Gasteiger partial charge in [0, 0.05) is 17.1 Å². The van der Waals surface area contributed by atoms with Crippen LogP contribution in [-0.4, -0.2) is 43.8 Å². The van der Waals surface area contributed by atoms with Gasteiger partial charge in [0.15, 0.2) is 11.6 Å². The maximum absolute atomic E-state index is 13.7. The number of ketones is 1. The summed E-state index contributed by atoms with van der Waals surface area (Å²) in [4.78, 5) is 40.8. The lowest BCUT2D eigenvalue weighted by Crippen LogP contribution is -2.31. The molecule has 0 fully saturated rings. The number of hydrogen-bond acceptors (Lipinski definition) is 5. The van der Waals surface area contributed by atoms with E-state index in [1.54, 1.807) is 0 Å². The van der Waals surface area contributed by atoms with Crippen molar-refractivity contribution >= 4 is 34.3 Å². The Morgan fingerprint density at radius 2 is 1.84 bits per heavy atom. The Hall–Kier alpha value is -3.10.